The van der Waals surface area contributed by atoms with Crippen molar-refractivity contribution in [3.05, 3.63) is 35.4 Å². The third-order valence-electron chi connectivity index (χ3n) is 4.82. The van der Waals surface area contributed by atoms with Gasteiger partial charge in [-0.1, -0.05) is 19.1 Å². The second kappa shape index (κ2) is 9.56. The monoisotopic (exact) mass is 345 g/mol. The fraction of sp³-hybridized carbons (Fsp3) is 0.600. The molecule has 0 aliphatic carbocycles. The maximum Gasteiger partial charge on any atom is 0.251 e. The Kier molecular flexibility index (Phi) is 7.44. The number of carbonyl (C=O) groups excluding carboxylic acids is 2. The molecule has 0 unspecified atom stereocenters. The Morgan fingerprint density at radius 2 is 1.80 bits per heavy atom. The number of benzene rings is 1. The van der Waals surface area contributed by atoms with E-state index in [9.17, 15) is 9.59 Å². The molecule has 1 saturated heterocycles. The van der Waals surface area contributed by atoms with Gasteiger partial charge in [0.25, 0.3) is 5.91 Å². The largest absolute Gasteiger partial charge is 0.352 e. The third kappa shape index (κ3) is 5.85. The first-order valence-corrected chi connectivity index (χ1v) is 9.40. The minimum Gasteiger partial charge on any atom is -0.352 e. The van der Waals surface area contributed by atoms with Crippen LogP contribution in [0.3, 0.4) is 0 Å². The van der Waals surface area contributed by atoms with E-state index in [-0.39, 0.29) is 11.8 Å². The Morgan fingerprint density at radius 3 is 2.36 bits per heavy atom. The highest BCUT2D eigenvalue weighted by Gasteiger charge is 2.17. The Morgan fingerprint density at radius 1 is 1.16 bits per heavy atom. The number of rotatable bonds is 8. The molecule has 0 radical (unpaired) electrons. The molecule has 1 heterocycles. The standard InChI is InChI=1S/C20H31N3O2/c1-4-22(16(2)3)15-17-7-9-18(10-8-17)20(25)21-12-11-19(24)23-13-5-6-14-23/h7-10,16H,4-6,11-15H2,1-3H3,(H,21,25). The van der Waals surface area contributed by atoms with Crippen molar-refractivity contribution in [1.29, 1.82) is 0 Å². The summed E-state index contributed by atoms with van der Waals surface area (Å²) in [5, 5.41) is 2.85. The molecule has 0 saturated carbocycles. The summed E-state index contributed by atoms with van der Waals surface area (Å²) in [6.07, 6.45) is 2.57. The van der Waals surface area contributed by atoms with Crippen molar-refractivity contribution in [3.8, 4) is 0 Å². The van der Waals surface area contributed by atoms with Gasteiger partial charge in [0, 0.05) is 44.2 Å². The molecule has 1 aromatic rings. The summed E-state index contributed by atoms with van der Waals surface area (Å²) in [7, 11) is 0. The highest BCUT2D eigenvalue weighted by molar-refractivity contribution is 5.94. The molecule has 5 heteroatoms. The van der Waals surface area contributed by atoms with E-state index in [1.165, 1.54) is 5.56 Å². The molecule has 1 N–H and O–H groups in total. The van der Waals surface area contributed by atoms with Gasteiger partial charge >= 0.3 is 0 Å². The second-order valence-corrected chi connectivity index (χ2v) is 6.95. The van der Waals surface area contributed by atoms with E-state index in [4.69, 9.17) is 0 Å². The van der Waals surface area contributed by atoms with Crippen LogP contribution in [0.1, 0.15) is 56.0 Å². The summed E-state index contributed by atoms with van der Waals surface area (Å²) >= 11 is 0. The molecular formula is C20H31N3O2. The lowest BCUT2D eigenvalue weighted by Gasteiger charge is -2.24. The summed E-state index contributed by atoms with van der Waals surface area (Å²) < 4.78 is 0. The van der Waals surface area contributed by atoms with Crippen molar-refractivity contribution in [2.45, 2.75) is 52.6 Å². The molecular weight excluding hydrogens is 314 g/mol. The average molecular weight is 345 g/mol. The van der Waals surface area contributed by atoms with Crippen molar-refractivity contribution in [2.75, 3.05) is 26.2 Å². The van der Waals surface area contributed by atoms with E-state index in [1.54, 1.807) is 0 Å². The fourth-order valence-corrected chi connectivity index (χ4v) is 3.17. The number of hydrogen-bond acceptors (Lipinski definition) is 3. The smallest absolute Gasteiger partial charge is 0.251 e. The average Bonchev–Trinajstić information content (AvgIpc) is 3.14. The van der Waals surface area contributed by atoms with Gasteiger partial charge in [-0.3, -0.25) is 14.5 Å². The van der Waals surface area contributed by atoms with Crippen LogP contribution in [0.2, 0.25) is 0 Å². The lowest BCUT2D eigenvalue weighted by Crippen LogP contribution is -2.32. The highest BCUT2D eigenvalue weighted by atomic mass is 16.2. The number of carbonyl (C=O) groups is 2. The second-order valence-electron chi connectivity index (χ2n) is 6.95. The van der Waals surface area contributed by atoms with Crippen LogP contribution in [-0.4, -0.2) is 53.8 Å². The van der Waals surface area contributed by atoms with Crippen LogP contribution in [0.5, 0.6) is 0 Å². The third-order valence-corrected chi connectivity index (χ3v) is 4.82. The van der Waals surface area contributed by atoms with Crippen LogP contribution in [0.15, 0.2) is 24.3 Å². The molecule has 138 valence electrons. The number of likely N-dealkylation sites (tertiary alicyclic amines) is 1. The summed E-state index contributed by atoms with van der Waals surface area (Å²) in [6.45, 7) is 10.5. The topological polar surface area (TPSA) is 52.7 Å². The Hall–Kier alpha value is -1.88. The first-order valence-electron chi connectivity index (χ1n) is 9.40. The van der Waals surface area contributed by atoms with E-state index >= 15 is 0 Å². The van der Waals surface area contributed by atoms with Gasteiger partial charge in [-0.2, -0.15) is 0 Å². The zero-order valence-corrected chi connectivity index (χ0v) is 15.8. The van der Waals surface area contributed by atoms with Crippen LogP contribution >= 0.6 is 0 Å². The van der Waals surface area contributed by atoms with Crippen LogP contribution in [0.4, 0.5) is 0 Å². The van der Waals surface area contributed by atoms with Crippen LogP contribution < -0.4 is 5.32 Å². The van der Waals surface area contributed by atoms with E-state index in [0.29, 0.717) is 24.6 Å². The molecule has 0 aromatic heterocycles. The van der Waals surface area contributed by atoms with Gasteiger partial charge in [0.2, 0.25) is 5.91 Å². The van der Waals surface area contributed by atoms with Gasteiger partial charge in [-0.05, 0) is 50.9 Å². The Balaban J connectivity index is 1.78. The zero-order valence-electron chi connectivity index (χ0n) is 15.8. The summed E-state index contributed by atoms with van der Waals surface area (Å²) in [4.78, 5) is 28.4. The predicted octanol–water partition coefficient (Wildman–Crippen LogP) is 2.66. The molecule has 1 fully saturated rings. The number of nitrogens with zero attached hydrogens (tertiary/aromatic N) is 2. The Bertz CT molecular complexity index is 563. The Labute approximate surface area is 151 Å². The van der Waals surface area contributed by atoms with Gasteiger partial charge < -0.3 is 10.2 Å². The first kappa shape index (κ1) is 19.4. The minimum atomic E-state index is -0.114. The van der Waals surface area contributed by atoms with Gasteiger partial charge in [-0.15, -0.1) is 0 Å². The maximum absolute atomic E-state index is 12.2. The highest BCUT2D eigenvalue weighted by Crippen LogP contribution is 2.11. The maximum atomic E-state index is 12.2. The predicted molar refractivity (Wildman–Crippen MR) is 100 cm³/mol. The lowest BCUT2D eigenvalue weighted by molar-refractivity contribution is -0.129. The molecule has 2 rings (SSSR count). The van der Waals surface area contributed by atoms with Crippen molar-refractivity contribution in [2.24, 2.45) is 0 Å². The van der Waals surface area contributed by atoms with Crippen molar-refractivity contribution in [1.82, 2.24) is 15.1 Å². The SMILES string of the molecule is CCN(Cc1ccc(C(=O)NCCC(=O)N2CCCC2)cc1)C(C)C. The minimum absolute atomic E-state index is 0.114. The fourth-order valence-electron chi connectivity index (χ4n) is 3.17. The quantitative estimate of drug-likeness (QED) is 0.788. The van der Waals surface area contributed by atoms with Crippen LogP contribution in [-0.2, 0) is 11.3 Å². The summed E-state index contributed by atoms with van der Waals surface area (Å²) in [5.74, 6) is 0.0264. The van der Waals surface area contributed by atoms with Crippen LogP contribution in [0.25, 0.3) is 0 Å². The van der Waals surface area contributed by atoms with E-state index in [1.807, 2.05) is 29.2 Å². The van der Waals surface area contributed by atoms with Crippen molar-refractivity contribution in [3.63, 3.8) is 0 Å². The summed E-state index contributed by atoms with van der Waals surface area (Å²) in [5.41, 5.74) is 1.85. The van der Waals surface area contributed by atoms with Gasteiger partial charge in [0.15, 0.2) is 0 Å². The lowest BCUT2D eigenvalue weighted by atomic mass is 10.1. The zero-order chi connectivity index (χ0) is 18.2. The molecule has 25 heavy (non-hydrogen) atoms. The molecule has 1 aliphatic rings. The first-order chi connectivity index (χ1) is 12.0. The summed E-state index contributed by atoms with van der Waals surface area (Å²) in [6, 6.07) is 8.24. The van der Waals surface area contributed by atoms with E-state index in [0.717, 1.165) is 39.0 Å². The van der Waals surface area contributed by atoms with Crippen molar-refractivity contribution >= 4 is 11.8 Å². The van der Waals surface area contributed by atoms with Gasteiger partial charge in [-0.25, -0.2) is 0 Å². The van der Waals surface area contributed by atoms with Crippen molar-refractivity contribution < 1.29 is 9.59 Å². The van der Waals surface area contributed by atoms with E-state index < -0.39 is 0 Å². The molecule has 0 atom stereocenters. The molecule has 1 aromatic carbocycles. The van der Waals surface area contributed by atoms with Gasteiger partial charge in [0.1, 0.15) is 0 Å². The molecule has 1 aliphatic heterocycles. The normalized spacial score (nSPS) is 14.4. The number of nitrogens with one attached hydrogen (secondary N) is 1. The van der Waals surface area contributed by atoms with E-state index in [2.05, 4.69) is 31.0 Å². The number of hydrogen-bond donors (Lipinski definition) is 1. The van der Waals surface area contributed by atoms with Gasteiger partial charge in [0.05, 0.1) is 0 Å². The number of amides is 2. The van der Waals surface area contributed by atoms with Crippen LogP contribution in [0, 0.1) is 0 Å². The molecule has 5 nitrogen and oxygen atoms in total. The molecule has 0 bridgehead atoms. The molecule has 2 amide bonds. The molecule has 0 spiro atoms.